The van der Waals surface area contributed by atoms with Gasteiger partial charge in [0.05, 0.1) is 0 Å². The molecule has 0 aromatic carbocycles. The average molecular weight is 175 g/mol. The van der Waals surface area contributed by atoms with Gasteiger partial charge in [0.2, 0.25) is 0 Å². The zero-order chi connectivity index (χ0) is 9.56. The Kier molecular flexibility index (Phi) is 6.35. The van der Waals surface area contributed by atoms with Gasteiger partial charge < -0.3 is 5.32 Å². The molecule has 12 heavy (non-hydrogen) atoms. The van der Waals surface area contributed by atoms with Gasteiger partial charge in [0, 0.05) is 12.1 Å². The lowest BCUT2D eigenvalue weighted by atomic mass is 10.2. The van der Waals surface area contributed by atoms with E-state index >= 15 is 0 Å². The summed E-state index contributed by atoms with van der Waals surface area (Å²) >= 11 is 0. The third-order valence-electron chi connectivity index (χ3n) is 1.98. The van der Waals surface area contributed by atoms with Crippen molar-refractivity contribution in [2.75, 3.05) is 0 Å². The molecule has 74 valence electrons. The van der Waals surface area contributed by atoms with Gasteiger partial charge in [-0.05, 0) is 19.3 Å². The third kappa shape index (κ3) is 4.05. The van der Waals surface area contributed by atoms with E-state index in [2.05, 4.69) is 19.2 Å². The third-order valence-corrected chi connectivity index (χ3v) is 1.98. The summed E-state index contributed by atoms with van der Waals surface area (Å²) in [5.41, 5.74) is 0. The molecule has 0 aromatic rings. The zero-order valence-corrected chi connectivity index (χ0v) is 8.73. The molecule has 1 N–H and O–H groups in total. The predicted octanol–water partition coefficient (Wildman–Crippen LogP) is 2.90. The molecule has 0 radical (unpaired) electrons. The van der Waals surface area contributed by atoms with Gasteiger partial charge in [-0.2, -0.15) is 0 Å². The Labute approximate surface area is 75.7 Å². The van der Waals surface area contributed by atoms with Crippen LogP contribution in [0.15, 0.2) is 0 Å². The first kappa shape index (κ1) is 11.9. The first-order valence-corrected chi connectivity index (χ1v) is 5.10. The lowest BCUT2D eigenvalue weighted by Crippen LogP contribution is -2.38. The van der Waals surface area contributed by atoms with Crippen LogP contribution in [0.3, 0.4) is 0 Å². The van der Waals surface area contributed by atoms with Gasteiger partial charge in [0.15, 0.2) is 0 Å². The minimum absolute atomic E-state index is 0.139. The molecule has 1 rings (SSSR count). The molecule has 1 fully saturated rings. The Hall–Kier alpha value is -0.110. The van der Waals surface area contributed by atoms with Crippen LogP contribution in [0.1, 0.15) is 47.0 Å². The van der Waals surface area contributed by atoms with Crippen molar-refractivity contribution in [3.05, 3.63) is 0 Å². The SMILES string of the molecule is CC.CC(C)NC1CCCC1F. The Morgan fingerprint density at radius 1 is 1.25 bits per heavy atom. The van der Waals surface area contributed by atoms with Crippen molar-refractivity contribution in [2.24, 2.45) is 0 Å². The molecule has 1 nitrogen and oxygen atoms in total. The van der Waals surface area contributed by atoms with E-state index in [9.17, 15) is 4.39 Å². The van der Waals surface area contributed by atoms with Crippen molar-refractivity contribution in [1.29, 1.82) is 0 Å². The second kappa shape index (κ2) is 6.41. The topological polar surface area (TPSA) is 12.0 Å². The number of rotatable bonds is 2. The maximum absolute atomic E-state index is 12.9. The fourth-order valence-electron chi connectivity index (χ4n) is 1.53. The summed E-state index contributed by atoms with van der Waals surface area (Å²) < 4.78 is 12.9. The monoisotopic (exact) mass is 175 g/mol. The van der Waals surface area contributed by atoms with Crippen LogP contribution in [-0.2, 0) is 0 Å². The van der Waals surface area contributed by atoms with E-state index in [-0.39, 0.29) is 6.04 Å². The van der Waals surface area contributed by atoms with Gasteiger partial charge >= 0.3 is 0 Å². The van der Waals surface area contributed by atoms with Crippen molar-refractivity contribution < 1.29 is 4.39 Å². The molecule has 0 aromatic heterocycles. The van der Waals surface area contributed by atoms with E-state index in [0.29, 0.717) is 6.04 Å². The summed E-state index contributed by atoms with van der Waals surface area (Å²) in [6.07, 6.45) is 2.22. The average Bonchev–Trinajstić information content (AvgIpc) is 2.40. The van der Waals surface area contributed by atoms with Crippen molar-refractivity contribution in [3.8, 4) is 0 Å². The fourth-order valence-corrected chi connectivity index (χ4v) is 1.53. The van der Waals surface area contributed by atoms with Gasteiger partial charge in [-0.15, -0.1) is 0 Å². The highest BCUT2D eigenvalue weighted by atomic mass is 19.1. The Morgan fingerprint density at radius 2 is 1.83 bits per heavy atom. The van der Waals surface area contributed by atoms with Crippen LogP contribution in [0, 0.1) is 0 Å². The molecule has 0 bridgehead atoms. The highest BCUT2D eigenvalue weighted by molar-refractivity contribution is 4.83. The van der Waals surface area contributed by atoms with Crippen LogP contribution in [0.2, 0.25) is 0 Å². The van der Waals surface area contributed by atoms with Crippen LogP contribution >= 0.6 is 0 Å². The second-order valence-corrected chi connectivity index (χ2v) is 3.37. The first-order valence-electron chi connectivity index (χ1n) is 5.10. The van der Waals surface area contributed by atoms with E-state index < -0.39 is 6.17 Å². The minimum Gasteiger partial charge on any atom is -0.309 e. The van der Waals surface area contributed by atoms with Crippen molar-refractivity contribution in [3.63, 3.8) is 0 Å². The summed E-state index contributed by atoms with van der Waals surface area (Å²) in [7, 11) is 0. The quantitative estimate of drug-likeness (QED) is 0.680. The number of hydrogen-bond acceptors (Lipinski definition) is 1. The van der Waals surface area contributed by atoms with E-state index in [0.717, 1.165) is 19.3 Å². The summed E-state index contributed by atoms with van der Waals surface area (Å²) in [5, 5.41) is 3.22. The minimum atomic E-state index is -0.595. The van der Waals surface area contributed by atoms with Gasteiger partial charge in [0.25, 0.3) is 0 Å². The van der Waals surface area contributed by atoms with Gasteiger partial charge in [-0.3, -0.25) is 0 Å². The number of hydrogen-bond donors (Lipinski definition) is 1. The molecule has 0 aliphatic heterocycles. The predicted molar refractivity (Wildman–Crippen MR) is 52.2 cm³/mol. The van der Waals surface area contributed by atoms with E-state index in [1.54, 1.807) is 0 Å². The number of alkyl halides is 1. The zero-order valence-electron chi connectivity index (χ0n) is 8.73. The largest absolute Gasteiger partial charge is 0.309 e. The van der Waals surface area contributed by atoms with Crippen LogP contribution in [0.5, 0.6) is 0 Å². The molecular weight excluding hydrogens is 153 g/mol. The highest BCUT2D eigenvalue weighted by Gasteiger charge is 2.26. The Bertz CT molecular complexity index is 104. The van der Waals surface area contributed by atoms with Crippen LogP contribution in [-0.4, -0.2) is 18.3 Å². The van der Waals surface area contributed by atoms with Gasteiger partial charge in [-0.1, -0.05) is 27.7 Å². The molecule has 0 saturated heterocycles. The first-order chi connectivity index (χ1) is 5.70. The van der Waals surface area contributed by atoms with E-state index in [1.807, 2.05) is 13.8 Å². The molecule has 0 amide bonds. The standard InChI is InChI=1S/C8H16FN.C2H6/c1-6(2)10-8-5-3-4-7(8)9;1-2/h6-8,10H,3-5H2,1-2H3;1-2H3. The maximum Gasteiger partial charge on any atom is 0.115 e. The summed E-state index contributed by atoms with van der Waals surface area (Å²) in [6.45, 7) is 8.12. The normalized spacial score (nSPS) is 28.5. The molecular formula is C10H22FN. The molecule has 0 heterocycles. The molecule has 2 unspecified atom stereocenters. The molecule has 1 saturated carbocycles. The Morgan fingerprint density at radius 3 is 2.17 bits per heavy atom. The van der Waals surface area contributed by atoms with Crippen LogP contribution < -0.4 is 5.32 Å². The lowest BCUT2D eigenvalue weighted by Gasteiger charge is -2.17. The smallest absolute Gasteiger partial charge is 0.115 e. The summed E-state index contributed by atoms with van der Waals surface area (Å²) in [6, 6.07) is 0.557. The van der Waals surface area contributed by atoms with E-state index in [4.69, 9.17) is 0 Å². The van der Waals surface area contributed by atoms with Gasteiger partial charge in [-0.25, -0.2) is 4.39 Å². The Balaban J connectivity index is 0.000000561. The van der Waals surface area contributed by atoms with Crippen LogP contribution in [0.25, 0.3) is 0 Å². The molecule has 2 heteroatoms. The molecule has 2 atom stereocenters. The van der Waals surface area contributed by atoms with E-state index in [1.165, 1.54) is 0 Å². The van der Waals surface area contributed by atoms with Crippen molar-refractivity contribution in [2.45, 2.75) is 65.2 Å². The summed E-state index contributed by atoms with van der Waals surface area (Å²) in [4.78, 5) is 0. The molecule has 1 aliphatic carbocycles. The van der Waals surface area contributed by atoms with Crippen molar-refractivity contribution in [1.82, 2.24) is 5.32 Å². The molecule has 1 aliphatic rings. The van der Waals surface area contributed by atoms with Crippen molar-refractivity contribution >= 4 is 0 Å². The number of nitrogens with one attached hydrogen (secondary N) is 1. The summed E-state index contributed by atoms with van der Waals surface area (Å²) in [5.74, 6) is 0. The molecule has 0 spiro atoms. The second-order valence-electron chi connectivity index (χ2n) is 3.37. The highest BCUT2D eigenvalue weighted by Crippen LogP contribution is 2.21. The lowest BCUT2D eigenvalue weighted by molar-refractivity contribution is 0.270. The fraction of sp³-hybridized carbons (Fsp3) is 1.00. The number of halogens is 1. The maximum atomic E-state index is 12.9. The van der Waals surface area contributed by atoms with Crippen LogP contribution in [0.4, 0.5) is 4.39 Å². The van der Waals surface area contributed by atoms with Gasteiger partial charge in [0.1, 0.15) is 6.17 Å².